The summed E-state index contributed by atoms with van der Waals surface area (Å²) in [5, 5.41) is 3.93. The molecule has 29 heavy (non-hydrogen) atoms. The van der Waals surface area contributed by atoms with E-state index in [1.165, 1.54) is 11.3 Å². The van der Waals surface area contributed by atoms with Gasteiger partial charge in [0.2, 0.25) is 5.91 Å². The summed E-state index contributed by atoms with van der Waals surface area (Å²) >= 11 is 3.08. The van der Waals surface area contributed by atoms with E-state index >= 15 is 0 Å². The van der Waals surface area contributed by atoms with E-state index in [2.05, 4.69) is 6.07 Å². The molecule has 0 bridgehead atoms. The quantitative estimate of drug-likeness (QED) is 0.491. The minimum Gasteiger partial charge on any atom is -0.332 e. The summed E-state index contributed by atoms with van der Waals surface area (Å²) in [6.07, 6.45) is 2.29. The predicted octanol–water partition coefficient (Wildman–Crippen LogP) is 4.89. The van der Waals surface area contributed by atoms with Gasteiger partial charge in [0.15, 0.2) is 0 Å². The Kier molecular flexibility index (Phi) is 6.42. The molecule has 1 fully saturated rings. The Morgan fingerprint density at radius 3 is 2.28 bits per heavy atom. The SMILES string of the molecule is O=C(CN(CC1CC1)C(=O)c1cccs1)N(Cc1ccccc1)Cc1cccs1. The van der Waals surface area contributed by atoms with Crippen LogP contribution in [0.5, 0.6) is 0 Å². The molecule has 2 amide bonds. The van der Waals surface area contributed by atoms with Crippen LogP contribution in [-0.2, 0) is 17.9 Å². The van der Waals surface area contributed by atoms with Crippen molar-refractivity contribution in [3.8, 4) is 0 Å². The van der Waals surface area contributed by atoms with Crippen LogP contribution in [0.3, 0.4) is 0 Å². The molecule has 6 heteroatoms. The molecule has 4 nitrogen and oxygen atoms in total. The maximum atomic E-state index is 13.3. The minimum atomic E-state index is -0.0314. The Morgan fingerprint density at radius 2 is 1.62 bits per heavy atom. The maximum Gasteiger partial charge on any atom is 0.264 e. The van der Waals surface area contributed by atoms with Gasteiger partial charge >= 0.3 is 0 Å². The molecule has 0 aliphatic heterocycles. The van der Waals surface area contributed by atoms with Gasteiger partial charge in [0.05, 0.1) is 11.4 Å². The molecule has 4 rings (SSSR count). The lowest BCUT2D eigenvalue weighted by Gasteiger charge is -2.27. The van der Waals surface area contributed by atoms with Gasteiger partial charge < -0.3 is 9.80 Å². The Balaban J connectivity index is 1.50. The molecular formula is C23H24N2O2S2. The van der Waals surface area contributed by atoms with Crippen LogP contribution in [0.1, 0.15) is 33.0 Å². The lowest BCUT2D eigenvalue weighted by molar-refractivity contribution is -0.133. The number of benzene rings is 1. The first-order chi connectivity index (χ1) is 14.2. The van der Waals surface area contributed by atoms with Crippen LogP contribution in [0.25, 0.3) is 0 Å². The zero-order chi connectivity index (χ0) is 20.1. The van der Waals surface area contributed by atoms with E-state index in [1.54, 1.807) is 16.2 Å². The van der Waals surface area contributed by atoms with Gasteiger partial charge in [0, 0.05) is 18.0 Å². The number of carbonyl (C=O) groups excluding carboxylic acids is 2. The van der Waals surface area contributed by atoms with E-state index in [-0.39, 0.29) is 18.4 Å². The van der Waals surface area contributed by atoms with E-state index < -0.39 is 0 Å². The zero-order valence-electron chi connectivity index (χ0n) is 16.2. The Hall–Kier alpha value is -2.44. The van der Waals surface area contributed by atoms with Crippen LogP contribution < -0.4 is 0 Å². The van der Waals surface area contributed by atoms with Gasteiger partial charge in [-0.25, -0.2) is 0 Å². The molecule has 2 aromatic heterocycles. The zero-order valence-corrected chi connectivity index (χ0v) is 17.8. The van der Waals surface area contributed by atoms with E-state index in [4.69, 9.17) is 0 Å². The summed E-state index contributed by atoms with van der Waals surface area (Å²) in [7, 11) is 0. The van der Waals surface area contributed by atoms with Gasteiger partial charge in [0.1, 0.15) is 6.54 Å². The first kappa shape index (κ1) is 19.9. The van der Waals surface area contributed by atoms with Gasteiger partial charge in [-0.3, -0.25) is 9.59 Å². The average Bonchev–Trinajstić information content (AvgIpc) is 3.18. The monoisotopic (exact) mass is 424 g/mol. The third-order valence-electron chi connectivity index (χ3n) is 5.02. The molecule has 0 saturated heterocycles. The van der Waals surface area contributed by atoms with Crippen LogP contribution in [0, 0.1) is 5.92 Å². The molecule has 1 aliphatic rings. The van der Waals surface area contributed by atoms with Gasteiger partial charge in [-0.15, -0.1) is 22.7 Å². The first-order valence-electron chi connectivity index (χ1n) is 9.86. The lowest BCUT2D eigenvalue weighted by Crippen LogP contribution is -2.43. The van der Waals surface area contributed by atoms with Crippen LogP contribution in [-0.4, -0.2) is 34.7 Å². The van der Waals surface area contributed by atoms with Gasteiger partial charge in [-0.2, -0.15) is 0 Å². The van der Waals surface area contributed by atoms with E-state index in [9.17, 15) is 9.59 Å². The van der Waals surface area contributed by atoms with E-state index in [0.29, 0.717) is 30.4 Å². The molecule has 150 valence electrons. The summed E-state index contributed by atoms with van der Waals surface area (Å²) in [5.74, 6) is 0.496. The second-order valence-corrected chi connectivity index (χ2v) is 9.40. The second-order valence-electron chi connectivity index (χ2n) is 7.42. The summed E-state index contributed by atoms with van der Waals surface area (Å²) in [6.45, 7) is 1.91. The van der Waals surface area contributed by atoms with E-state index in [1.807, 2.05) is 64.2 Å². The van der Waals surface area contributed by atoms with Crippen LogP contribution in [0.4, 0.5) is 0 Å². The van der Waals surface area contributed by atoms with Crippen molar-refractivity contribution in [2.75, 3.05) is 13.1 Å². The summed E-state index contributed by atoms with van der Waals surface area (Å²) in [5.41, 5.74) is 1.09. The Labute approximate surface area is 179 Å². The Morgan fingerprint density at radius 1 is 0.862 bits per heavy atom. The van der Waals surface area contributed by atoms with Crippen molar-refractivity contribution >= 4 is 34.5 Å². The number of hydrogen-bond donors (Lipinski definition) is 0. The van der Waals surface area contributed by atoms with Crippen LogP contribution in [0.15, 0.2) is 65.4 Å². The van der Waals surface area contributed by atoms with Gasteiger partial charge in [-0.05, 0) is 47.2 Å². The molecule has 2 heterocycles. The number of nitrogens with zero attached hydrogens (tertiary/aromatic N) is 2. The fraction of sp³-hybridized carbons (Fsp3) is 0.304. The third-order valence-corrected chi connectivity index (χ3v) is 6.74. The minimum absolute atomic E-state index is 0.00666. The van der Waals surface area contributed by atoms with Crippen molar-refractivity contribution in [1.29, 1.82) is 0 Å². The number of carbonyl (C=O) groups is 2. The first-order valence-corrected chi connectivity index (χ1v) is 11.6. The topological polar surface area (TPSA) is 40.6 Å². The molecule has 1 aliphatic carbocycles. The number of amides is 2. The summed E-state index contributed by atoms with van der Waals surface area (Å²) in [6, 6.07) is 17.8. The third kappa shape index (κ3) is 5.55. The second kappa shape index (κ2) is 9.37. The molecule has 0 radical (unpaired) electrons. The van der Waals surface area contributed by atoms with E-state index in [0.717, 1.165) is 23.3 Å². The molecule has 0 N–H and O–H groups in total. The largest absolute Gasteiger partial charge is 0.332 e. The number of rotatable bonds is 9. The smallest absolute Gasteiger partial charge is 0.264 e. The molecule has 1 aromatic carbocycles. The molecule has 0 spiro atoms. The highest BCUT2D eigenvalue weighted by Gasteiger charge is 2.30. The van der Waals surface area contributed by atoms with Gasteiger partial charge in [-0.1, -0.05) is 42.5 Å². The van der Waals surface area contributed by atoms with Crippen molar-refractivity contribution < 1.29 is 9.59 Å². The van der Waals surface area contributed by atoms with Crippen molar-refractivity contribution in [3.63, 3.8) is 0 Å². The lowest BCUT2D eigenvalue weighted by atomic mass is 10.2. The van der Waals surface area contributed by atoms with Crippen molar-refractivity contribution in [2.24, 2.45) is 5.92 Å². The number of thiophene rings is 2. The van der Waals surface area contributed by atoms with Crippen molar-refractivity contribution in [1.82, 2.24) is 9.80 Å². The average molecular weight is 425 g/mol. The molecule has 1 saturated carbocycles. The highest BCUT2D eigenvalue weighted by molar-refractivity contribution is 7.12. The summed E-state index contributed by atoms with van der Waals surface area (Å²) in [4.78, 5) is 31.7. The normalized spacial score (nSPS) is 13.2. The fourth-order valence-corrected chi connectivity index (χ4v) is 4.69. The van der Waals surface area contributed by atoms with Crippen molar-refractivity contribution in [3.05, 3.63) is 80.7 Å². The predicted molar refractivity (Wildman–Crippen MR) is 118 cm³/mol. The Bertz CT molecular complexity index is 919. The molecule has 0 atom stereocenters. The van der Waals surface area contributed by atoms with Crippen LogP contribution >= 0.6 is 22.7 Å². The number of hydrogen-bond acceptors (Lipinski definition) is 4. The standard InChI is InChI=1S/C23H24N2O2S2/c26-22(17-25(15-19-10-11-19)23(27)21-9-5-13-29-21)24(16-20-8-4-12-28-20)14-18-6-2-1-3-7-18/h1-9,12-13,19H,10-11,14-17H2. The van der Waals surface area contributed by atoms with Gasteiger partial charge in [0.25, 0.3) is 5.91 Å². The molecule has 0 unspecified atom stereocenters. The highest BCUT2D eigenvalue weighted by Crippen LogP contribution is 2.30. The van der Waals surface area contributed by atoms with Crippen molar-refractivity contribution in [2.45, 2.75) is 25.9 Å². The molecular weight excluding hydrogens is 400 g/mol. The fourth-order valence-electron chi connectivity index (χ4n) is 3.28. The highest BCUT2D eigenvalue weighted by atomic mass is 32.1. The summed E-state index contributed by atoms with van der Waals surface area (Å²) < 4.78 is 0. The molecule has 3 aromatic rings. The maximum absolute atomic E-state index is 13.3. The van der Waals surface area contributed by atoms with Crippen LogP contribution in [0.2, 0.25) is 0 Å².